The largest absolute Gasteiger partial charge is 0.487 e. The van der Waals surface area contributed by atoms with Crippen molar-refractivity contribution in [2.75, 3.05) is 23.8 Å². The Morgan fingerprint density at radius 1 is 1.33 bits per heavy atom. The third-order valence-corrected chi connectivity index (χ3v) is 3.38. The molecule has 2 aliphatic rings. The molecule has 0 amide bonds. The van der Waals surface area contributed by atoms with Gasteiger partial charge in [0.05, 0.1) is 17.4 Å². The molecule has 0 aromatic heterocycles. The van der Waals surface area contributed by atoms with Crippen molar-refractivity contribution >= 4 is 11.4 Å². The van der Waals surface area contributed by atoms with Crippen LogP contribution in [0.5, 0.6) is 5.75 Å². The zero-order chi connectivity index (χ0) is 10.3. The minimum Gasteiger partial charge on any atom is -0.487 e. The maximum atomic E-state index is 5.91. The first-order chi connectivity index (χ1) is 7.36. The number of piperidine rings is 1. The van der Waals surface area contributed by atoms with Crippen LogP contribution in [0.4, 0.5) is 11.4 Å². The molecular formula is C12H16N2O. The van der Waals surface area contributed by atoms with Gasteiger partial charge in [-0.3, -0.25) is 0 Å². The standard InChI is InChI=1S/C12H16N2O/c13-10-5-3-6-11-12(10)15-8-9-4-1-2-7-14(9)11/h3,5-6,9H,1-2,4,7-8,13H2/t9-/m1/s1. The number of rotatable bonds is 0. The number of benzene rings is 1. The first-order valence-corrected chi connectivity index (χ1v) is 5.64. The number of fused-ring (bicyclic) bond motifs is 3. The lowest BCUT2D eigenvalue weighted by Crippen LogP contribution is -2.46. The van der Waals surface area contributed by atoms with Crippen LogP contribution in [-0.4, -0.2) is 19.2 Å². The summed E-state index contributed by atoms with van der Waals surface area (Å²) in [6, 6.07) is 6.59. The maximum Gasteiger partial charge on any atom is 0.165 e. The van der Waals surface area contributed by atoms with Crippen LogP contribution in [0.15, 0.2) is 18.2 Å². The number of hydrogen-bond donors (Lipinski definition) is 1. The maximum absolute atomic E-state index is 5.91. The Morgan fingerprint density at radius 2 is 2.27 bits per heavy atom. The molecule has 1 aromatic rings. The smallest absolute Gasteiger partial charge is 0.165 e. The highest BCUT2D eigenvalue weighted by atomic mass is 16.5. The molecule has 0 unspecified atom stereocenters. The van der Waals surface area contributed by atoms with E-state index in [9.17, 15) is 0 Å². The van der Waals surface area contributed by atoms with Crippen molar-refractivity contribution in [1.29, 1.82) is 0 Å². The summed E-state index contributed by atoms with van der Waals surface area (Å²) in [6.07, 6.45) is 3.85. The lowest BCUT2D eigenvalue weighted by Gasteiger charge is -2.41. The number of anilines is 2. The zero-order valence-electron chi connectivity index (χ0n) is 8.78. The molecule has 0 bridgehead atoms. The molecule has 0 spiro atoms. The van der Waals surface area contributed by atoms with Gasteiger partial charge in [0.1, 0.15) is 6.61 Å². The lowest BCUT2D eigenvalue weighted by molar-refractivity contribution is 0.241. The van der Waals surface area contributed by atoms with Gasteiger partial charge in [0.2, 0.25) is 0 Å². The van der Waals surface area contributed by atoms with Crippen LogP contribution in [0.3, 0.4) is 0 Å². The SMILES string of the molecule is Nc1cccc2c1OC[C@H]1CCCCN21. The van der Waals surface area contributed by atoms with E-state index in [4.69, 9.17) is 10.5 Å². The van der Waals surface area contributed by atoms with E-state index in [-0.39, 0.29) is 0 Å². The first-order valence-electron chi connectivity index (χ1n) is 5.64. The van der Waals surface area contributed by atoms with Crippen LogP contribution in [0.25, 0.3) is 0 Å². The van der Waals surface area contributed by atoms with E-state index in [1.165, 1.54) is 24.9 Å². The average Bonchev–Trinajstić information content (AvgIpc) is 2.29. The molecule has 2 heterocycles. The highest BCUT2D eigenvalue weighted by molar-refractivity contribution is 5.71. The van der Waals surface area contributed by atoms with Crippen LogP contribution in [-0.2, 0) is 0 Å². The third kappa shape index (κ3) is 1.34. The molecule has 1 atom stereocenters. The normalized spacial score (nSPS) is 24.0. The predicted octanol–water partition coefficient (Wildman–Crippen LogP) is 2.02. The molecular weight excluding hydrogens is 188 g/mol. The van der Waals surface area contributed by atoms with Crippen LogP contribution in [0, 0.1) is 0 Å². The van der Waals surface area contributed by atoms with E-state index in [0.29, 0.717) is 6.04 Å². The minimum absolute atomic E-state index is 0.563. The summed E-state index contributed by atoms with van der Waals surface area (Å²) in [7, 11) is 0. The second-order valence-electron chi connectivity index (χ2n) is 4.35. The van der Waals surface area contributed by atoms with Crippen molar-refractivity contribution < 1.29 is 4.74 Å². The summed E-state index contributed by atoms with van der Waals surface area (Å²) in [5, 5.41) is 0. The Labute approximate surface area is 89.8 Å². The van der Waals surface area contributed by atoms with Crippen LogP contribution in [0.2, 0.25) is 0 Å². The van der Waals surface area contributed by atoms with Gasteiger partial charge in [-0.05, 0) is 31.4 Å². The predicted molar refractivity (Wildman–Crippen MR) is 61.3 cm³/mol. The number of hydrogen-bond acceptors (Lipinski definition) is 3. The molecule has 80 valence electrons. The minimum atomic E-state index is 0.563. The number of nitrogen functional groups attached to an aromatic ring is 1. The van der Waals surface area contributed by atoms with E-state index in [1.54, 1.807) is 0 Å². The molecule has 1 saturated heterocycles. The summed E-state index contributed by atoms with van der Waals surface area (Å²) in [5.74, 6) is 0.885. The van der Waals surface area contributed by atoms with Gasteiger partial charge in [0, 0.05) is 6.54 Å². The van der Waals surface area contributed by atoms with Gasteiger partial charge >= 0.3 is 0 Å². The van der Waals surface area contributed by atoms with E-state index >= 15 is 0 Å². The molecule has 15 heavy (non-hydrogen) atoms. The molecule has 2 N–H and O–H groups in total. The monoisotopic (exact) mass is 204 g/mol. The number of nitrogens with two attached hydrogens (primary N) is 1. The van der Waals surface area contributed by atoms with Crippen LogP contribution >= 0.6 is 0 Å². The molecule has 0 saturated carbocycles. The zero-order valence-corrected chi connectivity index (χ0v) is 8.78. The summed E-state index contributed by atoms with van der Waals surface area (Å²) in [4.78, 5) is 2.46. The molecule has 3 heteroatoms. The quantitative estimate of drug-likeness (QED) is 0.657. The number of nitrogens with zero attached hydrogens (tertiary/aromatic N) is 1. The van der Waals surface area contributed by atoms with Crippen molar-refractivity contribution in [3.63, 3.8) is 0 Å². The van der Waals surface area contributed by atoms with Gasteiger partial charge in [0.15, 0.2) is 5.75 Å². The summed E-state index contributed by atoms with van der Waals surface area (Å²) < 4.78 is 5.76. The molecule has 3 nitrogen and oxygen atoms in total. The Morgan fingerprint density at radius 3 is 3.20 bits per heavy atom. The molecule has 3 rings (SSSR count). The lowest BCUT2D eigenvalue weighted by atomic mass is 10.00. The third-order valence-electron chi connectivity index (χ3n) is 3.38. The van der Waals surface area contributed by atoms with E-state index in [0.717, 1.165) is 24.6 Å². The average molecular weight is 204 g/mol. The Balaban J connectivity index is 2.03. The summed E-state index contributed by atoms with van der Waals surface area (Å²) in [5.41, 5.74) is 7.86. The fourth-order valence-corrected chi connectivity index (χ4v) is 2.60. The first kappa shape index (κ1) is 8.89. The van der Waals surface area contributed by atoms with Gasteiger partial charge in [-0.15, -0.1) is 0 Å². The second-order valence-corrected chi connectivity index (χ2v) is 4.35. The summed E-state index contributed by atoms with van der Waals surface area (Å²) in [6.45, 7) is 1.94. The fraction of sp³-hybridized carbons (Fsp3) is 0.500. The topological polar surface area (TPSA) is 38.5 Å². The molecule has 0 aliphatic carbocycles. The van der Waals surface area contributed by atoms with Crippen molar-refractivity contribution in [3.8, 4) is 5.75 Å². The highest BCUT2D eigenvalue weighted by Gasteiger charge is 2.30. The summed E-state index contributed by atoms with van der Waals surface area (Å²) >= 11 is 0. The van der Waals surface area contributed by atoms with E-state index < -0.39 is 0 Å². The van der Waals surface area contributed by atoms with Gasteiger partial charge in [-0.2, -0.15) is 0 Å². The number of para-hydroxylation sites is 1. The Bertz CT molecular complexity index is 378. The van der Waals surface area contributed by atoms with Gasteiger partial charge in [-0.25, -0.2) is 0 Å². The van der Waals surface area contributed by atoms with Crippen molar-refractivity contribution in [2.24, 2.45) is 0 Å². The molecule has 1 fully saturated rings. The van der Waals surface area contributed by atoms with Crippen LogP contribution in [0.1, 0.15) is 19.3 Å². The van der Waals surface area contributed by atoms with Crippen LogP contribution < -0.4 is 15.4 Å². The highest BCUT2D eigenvalue weighted by Crippen LogP contribution is 2.40. The van der Waals surface area contributed by atoms with Crippen molar-refractivity contribution in [3.05, 3.63) is 18.2 Å². The second kappa shape index (κ2) is 3.33. The molecule has 0 radical (unpaired) electrons. The van der Waals surface area contributed by atoms with Gasteiger partial charge in [-0.1, -0.05) is 6.07 Å². The van der Waals surface area contributed by atoms with Gasteiger partial charge in [0.25, 0.3) is 0 Å². The Hall–Kier alpha value is -1.38. The number of ether oxygens (including phenoxy) is 1. The molecule has 1 aromatic carbocycles. The van der Waals surface area contributed by atoms with Crippen molar-refractivity contribution in [2.45, 2.75) is 25.3 Å². The van der Waals surface area contributed by atoms with E-state index in [2.05, 4.69) is 11.0 Å². The van der Waals surface area contributed by atoms with Crippen molar-refractivity contribution in [1.82, 2.24) is 0 Å². The van der Waals surface area contributed by atoms with E-state index in [1.807, 2.05) is 12.1 Å². The molecule has 2 aliphatic heterocycles. The van der Waals surface area contributed by atoms with Gasteiger partial charge < -0.3 is 15.4 Å². The Kier molecular flexibility index (Phi) is 1.97. The fourth-order valence-electron chi connectivity index (χ4n) is 2.60.